The largest absolute Gasteiger partial charge is 0.491 e. The normalized spacial score (nSPS) is 15.3. The summed E-state index contributed by atoms with van der Waals surface area (Å²) in [7, 11) is 0. The van der Waals surface area contributed by atoms with Crippen molar-refractivity contribution in [3.05, 3.63) is 107 Å². The van der Waals surface area contributed by atoms with E-state index in [-0.39, 0.29) is 18.3 Å². The minimum atomic E-state index is -0.753. The van der Waals surface area contributed by atoms with E-state index in [0.29, 0.717) is 43.4 Å². The van der Waals surface area contributed by atoms with Crippen molar-refractivity contribution in [3.8, 4) is 17.1 Å². The molecule has 1 atom stereocenters. The lowest BCUT2D eigenvalue weighted by atomic mass is 9.95. The molecule has 0 amide bonds. The fourth-order valence-electron chi connectivity index (χ4n) is 4.48. The first-order valence-corrected chi connectivity index (χ1v) is 14.5. The molecule has 1 aliphatic heterocycles. The minimum Gasteiger partial charge on any atom is -0.491 e. The monoisotopic (exact) mass is 654 g/mol. The van der Waals surface area contributed by atoms with Crippen LogP contribution in [0, 0.1) is 3.57 Å². The molecule has 0 saturated carbocycles. The Kier molecular flexibility index (Phi) is 7.90. The molecule has 0 unspecified atom stereocenters. The van der Waals surface area contributed by atoms with Gasteiger partial charge in [0, 0.05) is 20.8 Å². The Balaban J connectivity index is 1.66. The summed E-state index contributed by atoms with van der Waals surface area (Å²) in [4.78, 5) is 32.2. The third kappa shape index (κ3) is 5.51. The lowest BCUT2D eigenvalue weighted by molar-refractivity contribution is -0.139. The Morgan fingerprint density at radius 1 is 1.15 bits per heavy atom. The van der Waals surface area contributed by atoms with Crippen LogP contribution in [-0.2, 0) is 9.53 Å². The fraction of sp³-hybridized carbons (Fsp3) is 0.233. The van der Waals surface area contributed by atoms with Crippen molar-refractivity contribution < 1.29 is 18.7 Å². The second-order valence-electron chi connectivity index (χ2n) is 9.22. The Labute approximate surface area is 243 Å². The summed E-state index contributed by atoms with van der Waals surface area (Å²) >= 11 is 3.51. The zero-order valence-electron chi connectivity index (χ0n) is 21.9. The zero-order chi connectivity index (χ0) is 27.7. The summed E-state index contributed by atoms with van der Waals surface area (Å²) in [5.74, 6) is 1.35. The highest BCUT2D eigenvalue weighted by Gasteiger charge is 2.35. The standard InChI is InChI=1S/C30H27IN2O5S/c1-5-36-29(35)26-18(4)32-30-33(27(26)22-8-6-7-9-24(22)37-17(2)3)28(34)25(39-30)16-21-14-15-23(38-21)19-10-12-20(31)13-11-19/h6-17,27H,5H2,1-4H3/b25-16+/t27-/m0/s1. The van der Waals surface area contributed by atoms with E-state index in [2.05, 4.69) is 27.6 Å². The molecule has 0 radical (unpaired) electrons. The first-order chi connectivity index (χ1) is 18.8. The number of halogens is 1. The number of nitrogens with zero attached hydrogens (tertiary/aromatic N) is 2. The van der Waals surface area contributed by atoms with E-state index in [1.165, 1.54) is 11.3 Å². The number of furan rings is 1. The Bertz CT molecular complexity index is 1740. The quantitative estimate of drug-likeness (QED) is 0.196. The number of fused-ring (bicyclic) bond motifs is 1. The van der Waals surface area contributed by atoms with Crippen LogP contribution in [0.1, 0.15) is 45.1 Å². The first-order valence-electron chi connectivity index (χ1n) is 12.6. The van der Waals surface area contributed by atoms with Gasteiger partial charge in [-0.1, -0.05) is 41.7 Å². The van der Waals surface area contributed by atoms with Gasteiger partial charge in [0.1, 0.15) is 23.3 Å². The number of ether oxygens (including phenoxy) is 2. The van der Waals surface area contributed by atoms with Crippen molar-refractivity contribution in [1.29, 1.82) is 0 Å². The maximum Gasteiger partial charge on any atom is 0.338 e. The molecule has 39 heavy (non-hydrogen) atoms. The summed E-state index contributed by atoms with van der Waals surface area (Å²) in [6.45, 7) is 7.59. The van der Waals surface area contributed by atoms with Crippen LogP contribution in [0.4, 0.5) is 0 Å². The van der Waals surface area contributed by atoms with Crippen LogP contribution in [0.3, 0.4) is 0 Å². The number of hydrogen-bond acceptors (Lipinski definition) is 7. The number of allylic oxidation sites excluding steroid dienone is 1. The van der Waals surface area contributed by atoms with E-state index < -0.39 is 12.0 Å². The number of para-hydroxylation sites is 1. The molecule has 0 N–H and O–H groups in total. The number of carbonyl (C=O) groups is 1. The summed E-state index contributed by atoms with van der Waals surface area (Å²) in [5.41, 5.74) is 2.19. The lowest BCUT2D eigenvalue weighted by Gasteiger charge is -2.26. The Morgan fingerprint density at radius 2 is 1.90 bits per heavy atom. The molecule has 5 rings (SSSR count). The number of benzene rings is 2. The number of carbonyl (C=O) groups excluding carboxylic acids is 1. The number of esters is 1. The highest BCUT2D eigenvalue weighted by Crippen LogP contribution is 2.36. The SMILES string of the molecule is CCOC(=O)C1=C(C)N=c2s/c(=C/c3ccc(-c4ccc(I)cc4)o3)c(=O)n2[C@H]1c1ccccc1OC(C)C. The van der Waals surface area contributed by atoms with Crippen LogP contribution in [0.5, 0.6) is 5.75 Å². The molecule has 3 heterocycles. The Hall–Kier alpha value is -3.44. The maximum absolute atomic E-state index is 13.9. The van der Waals surface area contributed by atoms with Crippen molar-refractivity contribution in [1.82, 2.24) is 4.57 Å². The molecule has 0 aliphatic carbocycles. The molecule has 2 aromatic carbocycles. The average molecular weight is 655 g/mol. The van der Waals surface area contributed by atoms with Crippen LogP contribution in [0.25, 0.3) is 17.4 Å². The van der Waals surface area contributed by atoms with Crippen LogP contribution in [-0.4, -0.2) is 23.2 Å². The summed E-state index contributed by atoms with van der Waals surface area (Å²) in [6, 6.07) is 18.4. The number of hydrogen-bond donors (Lipinski definition) is 0. The van der Waals surface area contributed by atoms with Crippen LogP contribution in [0.15, 0.2) is 86.1 Å². The molecule has 1 aliphatic rings. The number of thiazole rings is 1. The molecule has 0 fully saturated rings. The van der Waals surface area contributed by atoms with Gasteiger partial charge < -0.3 is 13.9 Å². The van der Waals surface area contributed by atoms with Crippen LogP contribution in [0.2, 0.25) is 0 Å². The maximum atomic E-state index is 13.9. The summed E-state index contributed by atoms with van der Waals surface area (Å²) < 4.78 is 20.7. The van der Waals surface area contributed by atoms with Crippen LogP contribution < -0.4 is 19.6 Å². The molecule has 7 nitrogen and oxygen atoms in total. The van der Waals surface area contributed by atoms with E-state index in [1.54, 1.807) is 24.5 Å². The van der Waals surface area contributed by atoms with Gasteiger partial charge in [0.2, 0.25) is 0 Å². The Morgan fingerprint density at radius 3 is 2.62 bits per heavy atom. The predicted octanol–water partition coefficient (Wildman–Crippen LogP) is 5.45. The van der Waals surface area contributed by atoms with E-state index in [9.17, 15) is 9.59 Å². The van der Waals surface area contributed by atoms with Crippen molar-refractivity contribution in [3.63, 3.8) is 0 Å². The predicted molar refractivity (Wildman–Crippen MR) is 159 cm³/mol. The van der Waals surface area contributed by atoms with Crippen molar-refractivity contribution in [2.24, 2.45) is 4.99 Å². The van der Waals surface area contributed by atoms with Gasteiger partial charge >= 0.3 is 5.97 Å². The lowest BCUT2D eigenvalue weighted by Crippen LogP contribution is -2.40. The third-order valence-electron chi connectivity index (χ3n) is 6.12. The summed E-state index contributed by atoms with van der Waals surface area (Å²) in [6.07, 6.45) is 1.62. The van der Waals surface area contributed by atoms with Gasteiger partial charge in [-0.3, -0.25) is 9.36 Å². The highest BCUT2D eigenvalue weighted by molar-refractivity contribution is 14.1. The van der Waals surface area contributed by atoms with Gasteiger partial charge in [-0.05, 0) is 80.6 Å². The first kappa shape index (κ1) is 27.1. The van der Waals surface area contributed by atoms with E-state index in [0.717, 1.165) is 9.13 Å². The van der Waals surface area contributed by atoms with Gasteiger partial charge in [0.05, 0.1) is 28.5 Å². The minimum absolute atomic E-state index is 0.0978. The van der Waals surface area contributed by atoms with Crippen LogP contribution >= 0.6 is 33.9 Å². The molecule has 4 aromatic rings. The van der Waals surface area contributed by atoms with Gasteiger partial charge in [-0.25, -0.2) is 9.79 Å². The van der Waals surface area contributed by atoms with Gasteiger partial charge in [0.15, 0.2) is 4.80 Å². The topological polar surface area (TPSA) is 83.0 Å². The van der Waals surface area contributed by atoms with Crippen molar-refractivity contribution >= 4 is 46.0 Å². The second-order valence-corrected chi connectivity index (χ2v) is 11.5. The smallest absolute Gasteiger partial charge is 0.338 e. The molecular formula is C30H27IN2O5S. The summed E-state index contributed by atoms with van der Waals surface area (Å²) in [5, 5.41) is 0. The fourth-order valence-corrected chi connectivity index (χ4v) is 5.87. The molecular weight excluding hydrogens is 627 g/mol. The molecule has 2 aromatic heterocycles. The highest BCUT2D eigenvalue weighted by atomic mass is 127. The van der Waals surface area contributed by atoms with Gasteiger partial charge in [-0.2, -0.15) is 0 Å². The van der Waals surface area contributed by atoms with Gasteiger partial charge in [0.25, 0.3) is 5.56 Å². The molecule has 0 saturated heterocycles. The molecule has 200 valence electrons. The average Bonchev–Trinajstić information content (AvgIpc) is 3.48. The molecule has 0 spiro atoms. The molecule has 0 bridgehead atoms. The van der Waals surface area contributed by atoms with E-state index in [1.807, 2.05) is 74.5 Å². The van der Waals surface area contributed by atoms with E-state index in [4.69, 9.17) is 13.9 Å². The molecule has 9 heteroatoms. The second kappa shape index (κ2) is 11.4. The van der Waals surface area contributed by atoms with Crippen molar-refractivity contribution in [2.75, 3.05) is 6.61 Å². The van der Waals surface area contributed by atoms with Crippen molar-refractivity contribution in [2.45, 2.75) is 39.8 Å². The van der Waals surface area contributed by atoms with Gasteiger partial charge in [-0.15, -0.1) is 0 Å². The third-order valence-corrected chi connectivity index (χ3v) is 7.82. The van der Waals surface area contributed by atoms with E-state index >= 15 is 0 Å². The number of rotatable bonds is 7. The zero-order valence-corrected chi connectivity index (χ0v) is 24.9. The number of aromatic nitrogens is 1.